The van der Waals surface area contributed by atoms with Crippen LogP contribution in [0.5, 0.6) is 0 Å². The van der Waals surface area contributed by atoms with Crippen LogP contribution < -0.4 is 5.32 Å². The molecule has 2 aliphatic rings. The largest absolute Gasteiger partial charge is 0.317 e. The first-order valence-electron chi connectivity index (χ1n) is 7.76. The Morgan fingerprint density at radius 3 is 2.76 bits per heavy atom. The van der Waals surface area contributed by atoms with Crippen LogP contribution in [-0.4, -0.2) is 37.1 Å². The molecule has 0 radical (unpaired) electrons. The summed E-state index contributed by atoms with van der Waals surface area (Å²) in [4.78, 5) is 2.80. The molecule has 0 amide bonds. The zero-order chi connectivity index (χ0) is 12.1. The van der Waals surface area contributed by atoms with Gasteiger partial charge in [0, 0.05) is 12.6 Å². The Balaban J connectivity index is 1.81. The molecule has 2 fully saturated rings. The van der Waals surface area contributed by atoms with E-state index in [0.29, 0.717) is 0 Å². The third-order valence-electron chi connectivity index (χ3n) is 4.79. The molecule has 1 saturated heterocycles. The molecule has 100 valence electrons. The van der Waals surface area contributed by atoms with Gasteiger partial charge in [-0.15, -0.1) is 0 Å². The molecule has 0 aromatic rings. The van der Waals surface area contributed by atoms with Gasteiger partial charge < -0.3 is 5.32 Å². The van der Waals surface area contributed by atoms with Gasteiger partial charge in [-0.05, 0) is 50.7 Å². The van der Waals surface area contributed by atoms with E-state index in [2.05, 4.69) is 24.1 Å². The summed E-state index contributed by atoms with van der Waals surface area (Å²) in [5, 5.41) is 3.51. The molecule has 1 saturated carbocycles. The van der Waals surface area contributed by atoms with Crippen molar-refractivity contribution in [1.29, 1.82) is 0 Å². The summed E-state index contributed by atoms with van der Waals surface area (Å²) in [5.41, 5.74) is 0. The van der Waals surface area contributed by atoms with E-state index >= 15 is 0 Å². The topological polar surface area (TPSA) is 15.3 Å². The van der Waals surface area contributed by atoms with E-state index in [-0.39, 0.29) is 0 Å². The van der Waals surface area contributed by atoms with Gasteiger partial charge >= 0.3 is 0 Å². The molecule has 2 nitrogen and oxygen atoms in total. The van der Waals surface area contributed by atoms with Crippen LogP contribution in [0.15, 0.2) is 0 Å². The van der Waals surface area contributed by atoms with Crippen LogP contribution in [0, 0.1) is 11.8 Å². The number of nitrogens with zero attached hydrogens (tertiary/aromatic N) is 1. The van der Waals surface area contributed by atoms with E-state index in [9.17, 15) is 0 Å². The Bertz CT molecular complexity index is 217. The molecule has 1 heterocycles. The number of rotatable bonds is 4. The predicted octanol–water partition coefficient (Wildman–Crippen LogP) is 2.89. The summed E-state index contributed by atoms with van der Waals surface area (Å²) in [5.74, 6) is 1.83. The van der Waals surface area contributed by atoms with E-state index in [1.165, 1.54) is 58.2 Å². The molecule has 1 aliphatic heterocycles. The second-order valence-corrected chi connectivity index (χ2v) is 6.14. The van der Waals surface area contributed by atoms with Crippen LogP contribution in [0.4, 0.5) is 0 Å². The van der Waals surface area contributed by atoms with Crippen LogP contribution in [-0.2, 0) is 0 Å². The first-order chi connectivity index (χ1) is 8.31. The third-order valence-corrected chi connectivity index (χ3v) is 4.79. The lowest BCUT2D eigenvalue weighted by molar-refractivity contribution is 0.167. The first-order valence-corrected chi connectivity index (χ1v) is 7.76. The van der Waals surface area contributed by atoms with Crippen molar-refractivity contribution in [3.63, 3.8) is 0 Å². The molecule has 17 heavy (non-hydrogen) atoms. The third kappa shape index (κ3) is 3.69. The smallest absolute Gasteiger partial charge is 0.0121 e. The number of hydrogen-bond donors (Lipinski definition) is 1. The molecular weight excluding hydrogens is 208 g/mol. The fourth-order valence-corrected chi connectivity index (χ4v) is 3.69. The van der Waals surface area contributed by atoms with Crippen molar-refractivity contribution in [2.45, 2.75) is 58.4 Å². The average molecular weight is 238 g/mol. The second-order valence-electron chi connectivity index (χ2n) is 6.14. The summed E-state index contributed by atoms with van der Waals surface area (Å²) in [6, 6.07) is 0.893. The molecule has 3 atom stereocenters. The molecule has 0 aromatic carbocycles. The van der Waals surface area contributed by atoms with Crippen molar-refractivity contribution in [1.82, 2.24) is 10.2 Å². The Kier molecular flexibility index (Phi) is 5.30. The van der Waals surface area contributed by atoms with Crippen molar-refractivity contribution in [2.24, 2.45) is 11.8 Å². The highest BCUT2D eigenvalue weighted by Crippen LogP contribution is 2.30. The monoisotopic (exact) mass is 238 g/mol. The number of likely N-dealkylation sites (tertiary alicyclic amines) is 1. The predicted molar refractivity (Wildman–Crippen MR) is 74.3 cm³/mol. The lowest BCUT2D eigenvalue weighted by atomic mass is 9.95. The SMILES string of the molecule is CCNCC1CCN(C2CCCCCC2C)C1. The first kappa shape index (κ1) is 13.4. The van der Waals surface area contributed by atoms with E-state index < -0.39 is 0 Å². The van der Waals surface area contributed by atoms with Gasteiger partial charge in [-0.2, -0.15) is 0 Å². The van der Waals surface area contributed by atoms with Gasteiger partial charge in [0.2, 0.25) is 0 Å². The standard InChI is InChI=1S/C15H30N2/c1-3-16-11-14-9-10-17(12-14)15-8-6-4-5-7-13(15)2/h13-16H,3-12H2,1-2H3. The van der Waals surface area contributed by atoms with Crippen molar-refractivity contribution in [3.05, 3.63) is 0 Å². The minimum Gasteiger partial charge on any atom is -0.317 e. The number of hydrogen-bond acceptors (Lipinski definition) is 2. The molecular formula is C15H30N2. The lowest BCUT2D eigenvalue weighted by Gasteiger charge is -2.31. The molecule has 0 spiro atoms. The lowest BCUT2D eigenvalue weighted by Crippen LogP contribution is -2.38. The zero-order valence-electron chi connectivity index (χ0n) is 11.8. The molecule has 0 bridgehead atoms. The zero-order valence-corrected chi connectivity index (χ0v) is 11.8. The summed E-state index contributed by atoms with van der Waals surface area (Å²) in [6.45, 7) is 9.74. The highest BCUT2D eigenvalue weighted by molar-refractivity contribution is 4.86. The molecule has 1 aliphatic carbocycles. The minimum atomic E-state index is 0.893. The van der Waals surface area contributed by atoms with Gasteiger partial charge in [0.1, 0.15) is 0 Å². The van der Waals surface area contributed by atoms with E-state index in [4.69, 9.17) is 0 Å². The van der Waals surface area contributed by atoms with Crippen molar-refractivity contribution >= 4 is 0 Å². The van der Waals surface area contributed by atoms with Gasteiger partial charge in [0.25, 0.3) is 0 Å². The average Bonchev–Trinajstić information content (AvgIpc) is 2.69. The molecule has 1 N–H and O–H groups in total. The maximum atomic E-state index is 3.51. The minimum absolute atomic E-state index is 0.893. The Hall–Kier alpha value is -0.0800. The van der Waals surface area contributed by atoms with E-state index in [0.717, 1.165) is 24.4 Å². The Morgan fingerprint density at radius 1 is 1.12 bits per heavy atom. The summed E-state index contributed by atoms with van der Waals surface area (Å²) < 4.78 is 0. The van der Waals surface area contributed by atoms with Crippen LogP contribution >= 0.6 is 0 Å². The molecule has 3 unspecified atom stereocenters. The van der Waals surface area contributed by atoms with Crippen LogP contribution in [0.2, 0.25) is 0 Å². The highest BCUT2D eigenvalue weighted by Gasteiger charge is 2.31. The molecule has 2 rings (SSSR count). The highest BCUT2D eigenvalue weighted by atomic mass is 15.2. The van der Waals surface area contributed by atoms with Crippen molar-refractivity contribution in [3.8, 4) is 0 Å². The number of nitrogens with one attached hydrogen (secondary N) is 1. The quantitative estimate of drug-likeness (QED) is 0.758. The van der Waals surface area contributed by atoms with E-state index in [1.54, 1.807) is 0 Å². The Morgan fingerprint density at radius 2 is 1.94 bits per heavy atom. The molecule has 0 aromatic heterocycles. The maximum Gasteiger partial charge on any atom is 0.0121 e. The fraction of sp³-hybridized carbons (Fsp3) is 1.00. The van der Waals surface area contributed by atoms with Crippen molar-refractivity contribution < 1.29 is 0 Å². The molecule has 2 heteroatoms. The van der Waals surface area contributed by atoms with Gasteiger partial charge in [-0.25, -0.2) is 0 Å². The van der Waals surface area contributed by atoms with Gasteiger partial charge in [-0.1, -0.05) is 33.1 Å². The fourth-order valence-electron chi connectivity index (χ4n) is 3.69. The van der Waals surface area contributed by atoms with Gasteiger partial charge in [0.05, 0.1) is 0 Å². The van der Waals surface area contributed by atoms with Crippen LogP contribution in [0.1, 0.15) is 52.4 Å². The van der Waals surface area contributed by atoms with Crippen molar-refractivity contribution in [2.75, 3.05) is 26.2 Å². The summed E-state index contributed by atoms with van der Waals surface area (Å²) in [6.07, 6.45) is 8.72. The van der Waals surface area contributed by atoms with Gasteiger partial charge in [0.15, 0.2) is 0 Å². The maximum absolute atomic E-state index is 3.51. The van der Waals surface area contributed by atoms with E-state index in [1.807, 2.05) is 0 Å². The second kappa shape index (κ2) is 6.75. The summed E-state index contributed by atoms with van der Waals surface area (Å²) in [7, 11) is 0. The van der Waals surface area contributed by atoms with Crippen LogP contribution in [0.25, 0.3) is 0 Å². The summed E-state index contributed by atoms with van der Waals surface area (Å²) >= 11 is 0. The normalized spacial score (nSPS) is 36.0. The Labute approximate surface area is 107 Å². The van der Waals surface area contributed by atoms with Crippen LogP contribution in [0.3, 0.4) is 0 Å². The van der Waals surface area contributed by atoms with Gasteiger partial charge in [-0.3, -0.25) is 4.90 Å².